The molecule has 4 nitrogen and oxygen atoms in total. The molecule has 37 heavy (non-hydrogen) atoms. The lowest BCUT2D eigenvalue weighted by Gasteiger charge is -2.52. The number of carbonyl (C=O) groups is 1. The zero-order valence-electron chi connectivity index (χ0n) is 21.4. The third kappa shape index (κ3) is 5.86. The molecule has 4 rings (SSSR count). The van der Waals surface area contributed by atoms with Gasteiger partial charge in [-0.3, -0.25) is 9.59 Å². The largest absolute Gasteiger partial charge is 0.330 e. The van der Waals surface area contributed by atoms with Crippen molar-refractivity contribution in [2.45, 2.75) is 64.1 Å². The molecule has 0 spiro atoms. The lowest BCUT2D eigenvalue weighted by molar-refractivity contribution is -0.155. The van der Waals surface area contributed by atoms with Crippen LogP contribution in [0, 0.1) is 5.41 Å². The minimum absolute atomic E-state index is 0.00827. The fourth-order valence-electron chi connectivity index (χ4n) is 5.68. The van der Waals surface area contributed by atoms with Crippen LogP contribution >= 0.6 is 23.2 Å². The molecule has 2 heterocycles. The molecule has 0 bridgehead atoms. The first-order valence-electron chi connectivity index (χ1n) is 12.9. The van der Waals surface area contributed by atoms with Gasteiger partial charge >= 0.3 is 0 Å². The van der Waals surface area contributed by atoms with E-state index in [2.05, 4.69) is 31.4 Å². The maximum absolute atomic E-state index is 14.5. The number of amides is 1. The second-order valence-corrected chi connectivity index (χ2v) is 11.1. The second kappa shape index (κ2) is 11.7. The van der Waals surface area contributed by atoms with Crippen molar-refractivity contribution in [3.63, 3.8) is 0 Å². The number of carbonyl (C=O) groups excluding carboxylic acids is 1. The number of hydrogen-bond donors (Lipinski definition) is 0. The fraction of sp³-hybridized carbons (Fsp3) is 0.355. The Labute approximate surface area is 229 Å². The fourth-order valence-corrected chi connectivity index (χ4v) is 6.01. The van der Waals surface area contributed by atoms with Crippen molar-refractivity contribution in [1.82, 2.24) is 9.47 Å². The summed E-state index contributed by atoms with van der Waals surface area (Å²) in [6.45, 7) is 8.48. The van der Waals surface area contributed by atoms with Crippen molar-refractivity contribution in [2.75, 3.05) is 0 Å². The highest BCUT2D eigenvalue weighted by molar-refractivity contribution is 6.30. The third-order valence-corrected chi connectivity index (χ3v) is 8.15. The van der Waals surface area contributed by atoms with Crippen LogP contribution in [0.4, 0.5) is 0 Å². The minimum Gasteiger partial charge on any atom is -0.330 e. The predicted molar refractivity (Wildman–Crippen MR) is 152 cm³/mol. The summed E-state index contributed by atoms with van der Waals surface area (Å²) in [5.74, 6) is 0.123. The SMILES string of the molecule is C=CCC[C@@]1(C)C[C@H](c2cccc(Cl)c2)[C@@H](c2ccc(Cl)cc2)N([C@@H](CC)Cn2ccccc2=O)C1=O. The lowest BCUT2D eigenvalue weighted by Crippen LogP contribution is -2.56. The second-order valence-electron chi connectivity index (χ2n) is 10.2. The van der Waals surface area contributed by atoms with Gasteiger partial charge in [-0.15, -0.1) is 6.58 Å². The Hall–Kier alpha value is -2.82. The molecular formula is C31H34Cl2N2O2. The van der Waals surface area contributed by atoms with Gasteiger partial charge in [-0.2, -0.15) is 0 Å². The van der Waals surface area contributed by atoms with Gasteiger partial charge < -0.3 is 9.47 Å². The van der Waals surface area contributed by atoms with E-state index in [-0.39, 0.29) is 29.5 Å². The van der Waals surface area contributed by atoms with Crippen molar-refractivity contribution in [3.05, 3.63) is 117 Å². The maximum atomic E-state index is 14.5. The quantitative estimate of drug-likeness (QED) is 0.263. The molecule has 4 atom stereocenters. The third-order valence-electron chi connectivity index (χ3n) is 7.66. The van der Waals surface area contributed by atoms with Gasteiger partial charge in [0.15, 0.2) is 0 Å². The van der Waals surface area contributed by atoms with Crippen LogP contribution in [0.3, 0.4) is 0 Å². The molecule has 1 aliphatic rings. The van der Waals surface area contributed by atoms with Gasteiger partial charge in [-0.1, -0.05) is 73.5 Å². The van der Waals surface area contributed by atoms with Crippen LogP contribution in [-0.2, 0) is 11.3 Å². The number of halogens is 2. The Bertz CT molecular complexity index is 1300. The number of benzene rings is 2. The summed E-state index contributed by atoms with van der Waals surface area (Å²) in [5, 5.41) is 1.32. The van der Waals surface area contributed by atoms with E-state index in [0.717, 1.165) is 17.5 Å². The van der Waals surface area contributed by atoms with Crippen LogP contribution in [-0.4, -0.2) is 21.4 Å². The summed E-state index contributed by atoms with van der Waals surface area (Å²) in [7, 11) is 0. The summed E-state index contributed by atoms with van der Waals surface area (Å²) >= 11 is 12.7. The average Bonchev–Trinajstić information content (AvgIpc) is 2.89. The molecule has 1 amide bonds. The van der Waals surface area contributed by atoms with Gasteiger partial charge in [0.1, 0.15) is 0 Å². The number of piperidine rings is 1. The number of nitrogens with zero attached hydrogens (tertiary/aromatic N) is 2. The van der Waals surface area contributed by atoms with Gasteiger partial charge in [0, 0.05) is 40.2 Å². The van der Waals surface area contributed by atoms with E-state index in [1.165, 1.54) is 0 Å². The standard InChI is InChI=1S/C31H34Cl2N2O2/c1-4-6-17-31(3)20-27(23-10-9-11-25(33)19-23)29(22-13-15-24(32)16-14-22)35(30(31)37)26(5-2)21-34-18-8-7-12-28(34)36/h4,7-16,18-19,26-27,29H,1,5-6,17,20-21H2,2-3H3/t26-,27+,29+,31-/m0/s1. The summed E-state index contributed by atoms with van der Waals surface area (Å²) < 4.78 is 1.70. The van der Waals surface area contributed by atoms with E-state index in [1.54, 1.807) is 22.9 Å². The number of pyridine rings is 1. The van der Waals surface area contributed by atoms with Gasteiger partial charge in [0.2, 0.25) is 5.91 Å². The van der Waals surface area contributed by atoms with E-state index >= 15 is 0 Å². The Balaban J connectivity index is 1.89. The molecule has 0 unspecified atom stereocenters. The molecule has 194 valence electrons. The highest BCUT2D eigenvalue weighted by atomic mass is 35.5. The number of hydrogen-bond acceptors (Lipinski definition) is 2. The van der Waals surface area contributed by atoms with Crippen LogP contribution in [0.2, 0.25) is 10.0 Å². The van der Waals surface area contributed by atoms with Gasteiger partial charge in [-0.05, 0) is 67.1 Å². The summed E-state index contributed by atoms with van der Waals surface area (Å²) in [6.07, 6.45) is 6.52. The van der Waals surface area contributed by atoms with Crippen LogP contribution in [0.15, 0.2) is 90.4 Å². The van der Waals surface area contributed by atoms with E-state index in [1.807, 2.05) is 54.6 Å². The molecule has 0 radical (unpaired) electrons. The van der Waals surface area contributed by atoms with E-state index < -0.39 is 5.41 Å². The van der Waals surface area contributed by atoms with Crippen LogP contribution in [0.5, 0.6) is 0 Å². The van der Waals surface area contributed by atoms with Crippen LogP contribution in [0.25, 0.3) is 0 Å². The first-order chi connectivity index (χ1) is 17.8. The van der Waals surface area contributed by atoms with Crippen molar-refractivity contribution >= 4 is 29.1 Å². The number of likely N-dealkylation sites (tertiary alicyclic amines) is 1. The predicted octanol–water partition coefficient (Wildman–Crippen LogP) is 7.66. The van der Waals surface area contributed by atoms with E-state index in [0.29, 0.717) is 35.9 Å². The summed E-state index contributed by atoms with van der Waals surface area (Å²) in [5.41, 5.74) is 1.46. The van der Waals surface area contributed by atoms with Crippen LogP contribution in [0.1, 0.15) is 62.6 Å². The molecule has 1 aliphatic heterocycles. The highest BCUT2D eigenvalue weighted by Gasteiger charge is 2.51. The van der Waals surface area contributed by atoms with E-state index in [4.69, 9.17) is 23.2 Å². The normalized spacial score (nSPS) is 22.6. The molecule has 0 N–H and O–H groups in total. The van der Waals surface area contributed by atoms with E-state index in [9.17, 15) is 9.59 Å². The topological polar surface area (TPSA) is 42.3 Å². The van der Waals surface area contributed by atoms with Crippen molar-refractivity contribution in [2.24, 2.45) is 5.41 Å². The Morgan fingerprint density at radius 2 is 1.78 bits per heavy atom. The molecule has 1 saturated heterocycles. The Morgan fingerprint density at radius 3 is 2.43 bits per heavy atom. The van der Waals surface area contributed by atoms with Gasteiger partial charge in [0.05, 0.1) is 12.1 Å². The smallest absolute Gasteiger partial charge is 0.250 e. The zero-order chi connectivity index (χ0) is 26.6. The summed E-state index contributed by atoms with van der Waals surface area (Å²) in [6, 6.07) is 20.5. The monoisotopic (exact) mass is 536 g/mol. The lowest BCUT2D eigenvalue weighted by atomic mass is 9.66. The molecule has 3 aromatic rings. The number of rotatable bonds is 9. The minimum atomic E-state index is -0.584. The number of allylic oxidation sites excluding steroid dienone is 1. The van der Waals surface area contributed by atoms with Gasteiger partial charge in [-0.25, -0.2) is 0 Å². The Kier molecular flexibility index (Phi) is 8.61. The average molecular weight is 538 g/mol. The van der Waals surface area contributed by atoms with Crippen molar-refractivity contribution < 1.29 is 4.79 Å². The van der Waals surface area contributed by atoms with Crippen LogP contribution < -0.4 is 5.56 Å². The molecule has 0 aliphatic carbocycles. The molecule has 2 aromatic carbocycles. The first-order valence-corrected chi connectivity index (χ1v) is 13.6. The van der Waals surface area contributed by atoms with Crippen molar-refractivity contribution in [3.8, 4) is 0 Å². The maximum Gasteiger partial charge on any atom is 0.250 e. The Morgan fingerprint density at radius 1 is 1.03 bits per heavy atom. The molecule has 1 aromatic heterocycles. The molecule has 0 saturated carbocycles. The molecule has 6 heteroatoms. The molecule has 1 fully saturated rings. The summed E-state index contributed by atoms with van der Waals surface area (Å²) in [4.78, 5) is 29.2. The molecular weight excluding hydrogens is 503 g/mol. The van der Waals surface area contributed by atoms with Gasteiger partial charge in [0.25, 0.3) is 5.56 Å². The highest BCUT2D eigenvalue weighted by Crippen LogP contribution is 2.52. The number of aromatic nitrogens is 1. The van der Waals surface area contributed by atoms with Crippen molar-refractivity contribution in [1.29, 1.82) is 0 Å². The zero-order valence-corrected chi connectivity index (χ0v) is 23.0. The first kappa shape index (κ1) is 27.2.